The first-order valence-electron chi connectivity index (χ1n) is 7.14. The van der Waals surface area contributed by atoms with Gasteiger partial charge >= 0.3 is 0 Å². The quantitative estimate of drug-likeness (QED) is 0.859. The number of rotatable bonds is 4. The predicted molar refractivity (Wildman–Crippen MR) is 94.2 cm³/mol. The van der Waals surface area contributed by atoms with Gasteiger partial charge in [0.1, 0.15) is 12.4 Å². The van der Waals surface area contributed by atoms with Crippen LogP contribution in [0.2, 0.25) is 0 Å². The Bertz CT molecular complexity index is 822. The van der Waals surface area contributed by atoms with Gasteiger partial charge in [0.25, 0.3) is 10.0 Å². The van der Waals surface area contributed by atoms with E-state index < -0.39 is 10.0 Å². The van der Waals surface area contributed by atoms with Crippen molar-refractivity contribution in [1.82, 2.24) is 0 Å². The highest BCUT2D eigenvalue weighted by Crippen LogP contribution is 2.33. The molecule has 1 aliphatic heterocycles. The number of likely N-dealkylation sites (N-methyl/N-ethyl adjacent to an activating group) is 1. The van der Waals surface area contributed by atoms with Crippen molar-refractivity contribution in [3.8, 4) is 5.75 Å². The fourth-order valence-corrected chi connectivity index (χ4v) is 3.93. The molecular weight excluding hydrogens is 332 g/mol. The van der Waals surface area contributed by atoms with E-state index in [0.717, 1.165) is 17.1 Å². The summed E-state index contributed by atoms with van der Waals surface area (Å²) in [7, 11) is -1.69. The molecule has 0 atom stereocenters. The van der Waals surface area contributed by atoms with Gasteiger partial charge < -0.3 is 9.64 Å². The molecule has 0 amide bonds. The number of fused-ring (bicyclic) bond motifs is 1. The van der Waals surface area contributed by atoms with Crippen LogP contribution in [0, 0.1) is 0 Å². The molecular formula is C16H18N2O3S2. The molecule has 1 heterocycles. The van der Waals surface area contributed by atoms with Gasteiger partial charge in [0, 0.05) is 23.7 Å². The maximum atomic E-state index is 12.6. The fourth-order valence-electron chi connectivity index (χ4n) is 2.41. The minimum absolute atomic E-state index is 0.195. The van der Waals surface area contributed by atoms with Crippen molar-refractivity contribution in [1.29, 1.82) is 0 Å². The molecule has 0 unspecified atom stereocenters. The molecule has 23 heavy (non-hydrogen) atoms. The van der Waals surface area contributed by atoms with Crippen molar-refractivity contribution in [3.05, 3.63) is 42.5 Å². The van der Waals surface area contributed by atoms with Crippen molar-refractivity contribution < 1.29 is 13.2 Å². The van der Waals surface area contributed by atoms with E-state index in [1.807, 2.05) is 36.4 Å². The van der Waals surface area contributed by atoms with Crippen molar-refractivity contribution in [2.24, 2.45) is 0 Å². The molecule has 1 aliphatic rings. The van der Waals surface area contributed by atoms with Gasteiger partial charge in [-0.25, -0.2) is 8.42 Å². The van der Waals surface area contributed by atoms with E-state index in [1.54, 1.807) is 36.0 Å². The summed E-state index contributed by atoms with van der Waals surface area (Å²) in [6, 6.07) is 12.3. The molecule has 0 bridgehead atoms. The third-order valence-corrected chi connectivity index (χ3v) is 5.76. The standard InChI is InChI=1S/C16H18N2O3S2/c1-18-8-9-21-16-11-14(6-7-15(16)18)23(19,20)17-12-4-3-5-13(10-12)22-2/h3-7,10-11,17H,8-9H2,1-2H3. The Kier molecular flexibility index (Phi) is 4.41. The molecule has 0 radical (unpaired) electrons. The van der Waals surface area contributed by atoms with E-state index in [-0.39, 0.29) is 4.90 Å². The maximum Gasteiger partial charge on any atom is 0.262 e. The first kappa shape index (κ1) is 16.0. The fraction of sp³-hybridized carbons (Fsp3) is 0.250. The highest BCUT2D eigenvalue weighted by molar-refractivity contribution is 7.98. The van der Waals surface area contributed by atoms with Crippen LogP contribution in [0.25, 0.3) is 0 Å². The number of hydrogen-bond acceptors (Lipinski definition) is 5. The summed E-state index contributed by atoms with van der Waals surface area (Å²) in [5.41, 5.74) is 1.45. The van der Waals surface area contributed by atoms with Crippen LogP contribution >= 0.6 is 11.8 Å². The first-order chi connectivity index (χ1) is 11.0. The normalized spacial score (nSPS) is 14.1. The van der Waals surface area contributed by atoms with E-state index in [0.29, 0.717) is 18.0 Å². The average molecular weight is 350 g/mol. The largest absolute Gasteiger partial charge is 0.490 e. The topological polar surface area (TPSA) is 58.6 Å². The summed E-state index contributed by atoms with van der Waals surface area (Å²) in [6.45, 7) is 1.34. The molecule has 5 nitrogen and oxygen atoms in total. The number of hydrogen-bond donors (Lipinski definition) is 1. The van der Waals surface area contributed by atoms with Gasteiger partial charge in [-0.15, -0.1) is 11.8 Å². The van der Waals surface area contributed by atoms with Crippen molar-refractivity contribution in [2.75, 3.05) is 36.1 Å². The lowest BCUT2D eigenvalue weighted by Gasteiger charge is -2.27. The zero-order valence-electron chi connectivity index (χ0n) is 12.9. The summed E-state index contributed by atoms with van der Waals surface area (Å²) in [5, 5.41) is 0. The molecule has 0 aromatic heterocycles. The Labute approximate surface area is 140 Å². The van der Waals surface area contributed by atoms with E-state index in [1.165, 1.54) is 0 Å². The van der Waals surface area contributed by atoms with Gasteiger partial charge in [0.2, 0.25) is 0 Å². The molecule has 0 saturated heterocycles. The van der Waals surface area contributed by atoms with Crippen LogP contribution in [0.4, 0.5) is 11.4 Å². The maximum absolute atomic E-state index is 12.6. The van der Waals surface area contributed by atoms with Crippen LogP contribution < -0.4 is 14.4 Å². The number of ether oxygens (including phenoxy) is 1. The van der Waals surface area contributed by atoms with Crippen molar-refractivity contribution in [2.45, 2.75) is 9.79 Å². The minimum atomic E-state index is -3.65. The highest BCUT2D eigenvalue weighted by atomic mass is 32.2. The van der Waals surface area contributed by atoms with Crippen LogP contribution in [0.1, 0.15) is 0 Å². The number of benzene rings is 2. The molecule has 0 spiro atoms. The summed E-state index contributed by atoms with van der Waals surface area (Å²) in [4.78, 5) is 3.24. The Morgan fingerprint density at radius 1 is 1.22 bits per heavy atom. The van der Waals surface area contributed by atoms with Gasteiger partial charge in [-0.05, 0) is 36.6 Å². The Balaban J connectivity index is 1.90. The third-order valence-electron chi connectivity index (χ3n) is 3.66. The molecule has 1 N–H and O–H groups in total. The SMILES string of the molecule is CSc1cccc(NS(=O)(=O)c2ccc3c(c2)OCCN3C)c1. The molecule has 0 saturated carbocycles. The Morgan fingerprint density at radius 3 is 2.83 bits per heavy atom. The average Bonchev–Trinajstić information content (AvgIpc) is 2.54. The second-order valence-electron chi connectivity index (χ2n) is 5.24. The van der Waals surface area contributed by atoms with Crippen LogP contribution in [-0.2, 0) is 10.0 Å². The number of nitrogens with zero attached hydrogens (tertiary/aromatic N) is 1. The molecule has 7 heteroatoms. The lowest BCUT2D eigenvalue weighted by atomic mass is 10.2. The monoisotopic (exact) mass is 350 g/mol. The van der Waals surface area contributed by atoms with E-state index in [9.17, 15) is 8.42 Å². The minimum Gasteiger partial charge on any atom is -0.490 e. The van der Waals surface area contributed by atoms with Crippen LogP contribution in [0.15, 0.2) is 52.3 Å². The molecule has 2 aromatic carbocycles. The molecule has 3 rings (SSSR count). The number of thioether (sulfide) groups is 1. The summed E-state index contributed by atoms with van der Waals surface area (Å²) >= 11 is 1.56. The van der Waals surface area contributed by atoms with Crippen LogP contribution in [0.3, 0.4) is 0 Å². The van der Waals surface area contributed by atoms with Gasteiger partial charge in [-0.3, -0.25) is 4.72 Å². The number of anilines is 2. The number of sulfonamides is 1. The third kappa shape index (κ3) is 3.40. The van der Waals surface area contributed by atoms with E-state index in [2.05, 4.69) is 4.72 Å². The van der Waals surface area contributed by atoms with Gasteiger partial charge in [-0.1, -0.05) is 6.07 Å². The molecule has 122 valence electrons. The lowest BCUT2D eigenvalue weighted by Crippen LogP contribution is -2.29. The van der Waals surface area contributed by atoms with Gasteiger partial charge in [0.05, 0.1) is 17.1 Å². The zero-order chi connectivity index (χ0) is 16.4. The summed E-state index contributed by atoms with van der Waals surface area (Å²) in [5.74, 6) is 0.597. The van der Waals surface area contributed by atoms with E-state index >= 15 is 0 Å². The Morgan fingerprint density at radius 2 is 2.04 bits per heavy atom. The second-order valence-corrected chi connectivity index (χ2v) is 7.80. The summed E-state index contributed by atoms with van der Waals surface area (Å²) < 4.78 is 33.4. The van der Waals surface area contributed by atoms with Crippen molar-refractivity contribution in [3.63, 3.8) is 0 Å². The van der Waals surface area contributed by atoms with E-state index in [4.69, 9.17) is 4.74 Å². The molecule has 0 fully saturated rings. The zero-order valence-corrected chi connectivity index (χ0v) is 14.6. The van der Waals surface area contributed by atoms with Gasteiger partial charge in [-0.2, -0.15) is 0 Å². The summed E-state index contributed by atoms with van der Waals surface area (Å²) in [6.07, 6.45) is 1.95. The molecule has 0 aliphatic carbocycles. The van der Waals surface area contributed by atoms with Gasteiger partial charge in [0.15, 0.2) is 0 Å². The highest BCUT2D eigenvalue weighted by Gasteiger charge is 2.20. The smallest absolute Gasteiger partial charge is 0.262 e. The van der Waals surface area contributed by atoms with Crippen LogP contribution in [-0.4, -0.2) is 34.9 Å². The second kappa shape index (κ2) is 6.33. The van der Waals surface area contributed by atoms with Crippen LogP contribution in [0.5, 0.6) is 5.75 Å². The predicted octanol–water partition coefficient (Wildman–Crippen LogP) is 3.04. The number of nitrogens with one attached hydrogen (secondary N) is 1. The van der Waals surface area contributed by atoms with Crippen molar-refractivity contribution >= 4 is 33.2 Å². The lowest BCUT2D eigenvalue weighted by molar-refractivity contribution is 0.310. The molecule has 2 aromatic rings. The Hall–Kier alpha value is -1.86. The first-order valence-corrected chi connectivity index (χ1v) is 9.85.